The van der Waals surface area contributed by atoms with Crippen molar-refractivity contribution in [3.63, 3.8) is 0 Å². The van der Waals surface area contributed by atoms with Crippen LogP contribution in [-0.2, 0) is 32.1 Å². The van der Waals surface area contributed by atoms with Crippen LogP contribution >= 0.6 is 11.3 Å². The first-order valence-corrected chi connectivity index (χ1v) is 11.7. The van der Waals surface area contributed by atoms with E-state index in [1.807, 2.05) is 11.3 Å². The molecule has 0 spiro atoms. The predicted molar refractivity (Wildman–Crippen MR) is 115 cm³/mol. The van der Waals surface area contributed by atoms with Crippen molar-refractivity contribution in [2.24, 2.45) is 0 Å². The van der Waals surface area contributed by atoms with E-state index in [-0.39, 0.29) is 5.91 Å². The molecule has 5 nitrogen and oxygen atoms in total. The number of hydrogen-bond acceptors (Lipinski definition) is 4. The van der Waals surface area contributed by atoms with Crippen LogP contribution in [0.5, 0.6) is 0 Å². The second kappa shape index (κ2) is 8.49. The molecule has 31 heavy (non-hydrogen) atoms. The van der Waals surface area contributed by atoms with E-state index in [9.17, 15) is 13.6 Å². The van der Waals surface area contributed by atoms with Crippen LogP contribution in [-0.4, -0.2) is 27.2 Å². The molecule has 162 valence electrons. The molecule has 2 aliphatic carbocycles. The van der Waals surface area contributed by atoms with Gasteiger partial charge in [0, 0.05) is 35.2 Å². The molecule has 0 radical (unpaired) electrons. The number of nitrogens with zero attached hydrogens (tertiary/aromatic N) is 3. The minimum absolute atomic E-state index is 0.210. The van der Waals surface area contributed by atoms with Gasteiger partial charge >= 0.3 is 0 Å². The molecule has 0 fully saturated rings. The number of benzene rings is 1. The highest BCUT2D eigenvalue weighted by Gasteiger charge is 2.27. The second-order valence-electron chi connectivity index (χ2n) is 8.18. The fourth-order valence-electron chi connectivity index (χ4n) is 4.49. The van der Waals surface area contributed by atoms with Crippen LogP contribution in [0.4, 0.5) is 8.78 Å². The van der Waals surface area contributed by atoms with Crippen molar-refractivity contribution in [2.75, 3.05) is 6.54 Å². The van der Waals surface area contributed by atoms with Gasteiger partial charge in [0.05, 0.1) is 16.4 Å². The lowest BCUT2D eigenvalue weighted by Crippen LogP contribution is -2.26. The van der Waals surface area contributed by atoms with Crippen molar-refractivity contribution in [1.29, 1.82) is 0 Å². The van der Waals surface area contributed by atoms with Crippen LogP contribution < -0.4 is 5.32 Å². The quantitative estimate of drug-likeness (QED) is 0.578. The highest BCUT2D eigenvalue weighted by Crippen LogP contribution is 2.29. The van der Waals surface area contributed by atoms with E-state index >= 15 is 0 Å². The summed E-state index contributed by atoms with van der Waals surface area (Å²) in [6, 6.07) is 3.69. The van der Waals surface area contributed by atoms with Crippen molar-refractivity contribution >= 4 is 17.2 Å². The van der Waals surface area contributed by atoms with E-state index in [2.05, 4.69) is 10.4 Å². The second-order valence-corrected chi connectivity index (χ2v) is 9.35. The van der Waals surface area contributed by atoms with Gasteiger partial charge in [0.2, 0.25) is 0 Å². The molecule has 1 aromatic carbocycles. The number of carbonyl (C=O) groups excluding carboxylic acids is 1. The first kappa shape index (κ1) is 20.3. The molecule has 2 aliphatic rings. The normalized spacial score (nSPS) is 15.0. The molecular weight excluding hydrogens is 418 g/mol. The molecule has 0 aliphatic heterocycles. The summed E-state index contributed by atoms with van der Waals surface area (Å²) in [6.07, 6.45) is 8.87. The lowest BCUT2D eigenvalue weighted by Gasteiger charge is -2.06. The Labute approximate surface area is 183 Å². The van der Waals surface area contributed by atoms with E-state index in [0.29, 0.717) is 17.9 Å². The minimum atomic E-state index is -0.922. The van der Waals surface area contributed by atoms with Crippen LogP contribution in [0.25, 0.3) is 5.69 Å². The van der Waals surface area contributed by atoms with Crippen molar-refractivity contribution in [3.8, 4) is 5.69 Å². The Morgan fingerprint density at radius 1 is 1.10 bits per heavy atom. The molecule has 0 unspecified atom stereocenters. The third-order valence-electron chi connectivity index (χ3n) is 6.04. The number of aryl methyl sites for hydroxylation is 3. The molecule has 1 N–H and O–H groups in total. The SMILES string of the molecule is O=C(NCCCc1nc2c(s1)CCCC2)c1nn(-c2ccc(F)c(F)c2)c2c1CCC2. The number of hydrogen-bond donors (Lipinski definition) is 1. The van der Waals surface area contributed by atoms with Crippen molar-refractivity contribution in [1.82, 2.24) is 20.1 Å². The highest BCUT2D eigenvalue weighted by atomic mass is 32.1. The number of fused-ring (bicyclic) bond motifs is 2. The van der Waals surface area contributed by atoms with Gasteiger partial charge < -0.3 is 5.32 Å². The highest BCUT2D eigenvalue weighted by molar-refractivity contribution is 7.11. The van der Waals surface area contributed by atoms with Crippen LogP contribution in [0.2, 0.25) is 0 Å². The average molecular weight is 443 g/mol. The summed E-state index contributed by atoms with van der Waals surface area (Å²) in [6.45, 7) is 0.551. The third-order valence-corrected chi connectivity index (χ3v) is 7.25. The van der Waals surface area contributed by atoms with Gasteiger partial charge in [-0.25, -0.2) is 18.4 Å². The summed E-state index contributed by atoms with van der Waals surface area (Å²) in [5, 5.41) is 8.59. The van der Waals surface area contributed by atoms with Gasteiger partial charge in [-0.3, -0.25) is 4.79 Å². The number of amides is 1. The Morgan fingerprint density at radius 2 is 1.97 bits per heavy atom. The number of aromatic nitrogens is 3. The number of rotatable bonds is 6. The molecule has 0 saturated carbocycles. The zero-order chi connectivity index (χ0) is 21.4. The van der Waals surface area contributed by atoms with E-state index in [4.69, 9.17) is 4.98 Å². The Kier molecular flexibility index (Phi) is 5.56. The Hall–Kier alpha value is -2.61. The zero-order valence-electron chi connectivity index (χ0n) is 17.2. The summed E-state index contributed by atoms with van der Waals surface area (Å²) >= 11 is 1.81. The maximum atomic E-state index is 13.7. The molecule has 5 rings (SSSR count). The van der Waals surface area contributed by atoms with E-state index < -0.39 is 11.6 Å². The monoisotopic (exact) mass is 442 g/mol. The van der Waals surface area contributed by atoms with Crippen molar-refractivity contribution < 1.29 is 13.6 Å². The van der Waals surface area contributed by atoms with Crippen LogP contribution in [0.1, 0.15) is 63.0 Å². The summed E-state index contributed by atoms with van der Waals surface area (Å²) in [7, 11) is 0. The summed E-state index contributed by atoms with van der Waals surface area (Å²) in [5.74, 6) is -2.03. The van der Waals surface area contributed by atoms with Gasteiger partial charge in [0.15, 0.2) is 17.3 Å². The topological polar surface area (TPSA) is 59.8 Å². The van der Waals surface area contributed by atoms with Crippen LogP contribution in [0, 0.1) is 11.6 Å². The van der Waals surface area contributed by atoms with Gasteiger partial charge in [-0.05, 0) is 63.5 Å². The van der Waals surface area contributed by atoms with Crippen LogP contribution in [0.3, 0.4) is 0 Å². The fourth-order valence-corrected chi connectivity index (χ4v) is 5.69. The number of halogens is 2. The Bertz CT molecular complexity index is 1110. The van der Waals surface area contributed by atoms with Gasteiger partial charge in [-0.2, -0.15) is 5.10 Å². The minimum Gasteiger partial charge on any atom is -0.351 e. The first-order chi connectivity index (χ1) is 15.1. The largest absolute Gasteiger partial charge is 0.351 e. The molecule has 8 heteroatoms. The third kappa shape index (κ3) is 4.01. The molecular formula is C23H24F2N4OS. The predicted octanol–water partition coefficient (Wildman–Crippen LogP) is 4.34. The lowest BCUT2D eigenvalue weighted by atomic mass is 10.0. The van der Waals surface area contributed by atoms with E-state index in [0.717, 1.165) is 73.3 Å². The lowest BCUT2D eigenvalue weighted by molar-refractivity contribution is 0.0947. The first-order valence-electron chi connectivity index (χ1n) is 10.9. The maximum absolute atomic E-state index is 13.7. The summed E-state index contributed by atoms with van der Waals surface area (Å²) in [4.78, 5) is 19.0. The van der Waals surface area contributed by atoms with Crippen LogP contribution in [0.15, 0.2) is 18.2 Å². The molecule has 1 amide bonds. The smallest absolute Gasteiger partial charge is 0.272 e. The Balaban J connectivity index is 1.24. The molecule has 0 atom stereocenters. The van der Waals surface area contributed by atoms with Crippen molar-refractivity contribution in [2.45, 2.75) is 57.8 Å². The number of nitrogens with one attached hydrogen (secondary N) is 1. The molecule has 2 heterocycles. The fraction of sp³-hybridized carbons (Fsp3) is 0.435. The summed E-state index contributed by atoms with van der Waals surface area (Å²) in [5.41, 5.74) is 3.92. The number of carbonyl (C=O) groups is 1. The van der Waals surface area contributed by atoms with Crippen molar-refractivity contribution in [3.05, 3.63) is 62.4 Å². The van der Waals surface area contributed by atoms with Gasteiger partial charge in [0.1, 0.15) is 0 Å². The molecule has 3 aromatic rings. The van der Waals surface area contributed by atoms with E-state index in [1.54, 1.807) is 4.68 Å². The molecule has 2 aromatic heterocycles. The van der Waals surface area contributed by atoms with Gasteiger partial charge in [-0.15, -0.1) is 11.3 Å². The average Bonchev–Trinajstić information content (AvgIpc) is 3.47. The molecule has 0 saturated heterocycles. The summed E-state index contributed by atoms with van der Waals surface area (Å²) < 4.78 is 28.6. The van der Waals surface area contributed by atoms with E-state index in [1.165, 1.54) is 29.5 Å². The standard InChI is InChI=1S/C23H24F2N4OS/c24-16-11-10-14(13-17(16)25)29-19-7-3-5-15(19)22(28-29)23(30)26-12-4-9-21-27-18-6-1-2-8-20(18)31-21/h10-11,13H,1-9,12H2,(H,26,30). The maximum Gasteiger partial charge on any atom is 0.272 e. The zero-order valence-corrected chi connectivity index (χ0v) is 18.0. The molecule has 0 bridgehead atoms. The van der Waals surface area contributed by atoms with Gasteiger partial charge in [0.25, 0.3) is 5.91 Å². The Morgan fingerprint density at radius 3 is 2.81 bits per heavy atom. The number of thiazole rings is 1. The van der Waals surface area contributed by atoms with Gasteiger partial charge in [-0.1, -0.05) is 0 Å².